The Morgan fingerprint density at radius 2 is 1.65 bits per heavy atom. The van der Waals surface area contributed by atoms with E-state index in [2.05, 4.69) is 65.5 Å². The predicted octanol–water partition coefficient (Wildman–Crippen LogP) is 3.96. The molecule has 0 aliphatic heterocycles. The first kappa shape index (κ1) is 12.6. The summed E-state index contributed by atoms with van der Waals surface area (Å²) in [5.41, 5.74) is 5.84. The van der Waals surface area contributed by atoms with Gasteiger partial charge in [0.15, 0.2) is 0 Å². The van der Waals surface area contributed by atoms with Crippen LogP contribution >= 0.6 is 0 Å². The molecule has 0 bridgehead atoms. The lowest BCUT2D eigenvalue weighted by molar-refractivity contribution is 1.20. The molecule has 20 heavy (non-hydrogen) atoms. The molecule has 0 amide bonds. The first-order chi connectivity index (χ1) is 9.69. The van der Waals surface area contributed by atoms with Crippen LogP contribution in [0.15, 0.2) is 42.7 Å². The number of fused-ring (bicyclic) bond motifs is 1. The highest BCUT2D eigenvalue weighted by Gasteiger charge is 2.08. The molecule has 3 rings (SSSR count). The predicted molar refractivity (Wildman–Crippen MR) is 84.0 cm³/mol. The van der Waals surface area contributed by atoms with E-state index in [9.17, 15) is 0 Å². The number of anilines is 1. The summed E-state index contributed by atoms with van der Waals surface area (Å²) in [5, 5.41) is 4.19. The highest BCUT2D eigenvalue weighted by atomic mass is 15.0. The van der Waals surface area contributed by atoms with Gasteiger partial charge in [-0.2, -0.15) is 0 Å². The maximum absolute atomic E-state index is 4.39. The Bertz CT molecular complexity index is 761. The summed E-state index contributed by atoms with van der Waals surface area (Å²) in [6, 6.07) is 12.9. The Balaban J connectivity index is 2.25. The van der Waals surface area contributed by atoms with Crippen LogP contribution in [0.25, 0.3) is 22.0 Å². The average molecular weight is 263 g/mol. The van der Waals surface area contributed by atoms with Crippen LogP contribution in [-0.4, -0.2) is 17.0 Å². The van der Waals surface area contributed by atoms with Gasteiger partial charge in [0.2, 0.25) is 0 Å². The minimum absolute atomic E-state index is 0.868. The first-order valence-electron chi connectivity index (χ1n) is 6.69. The van der Waals surface area contributed by atoms with E-state index in [4.69, 9.17) is 0 Å². The zero-order valence-corrected chi connectivity index (χ0v) is 11.9. The molecule has 0 aliphatic rings. The molecule has 0 aliphatic carbocycles. The van der Waals surface area contributed by atoms with Gasteiger partial charge >= 0.3 is 0 Å². The molecular weight excluding hydrogens is 246 g/mol. The van der Waals surface area contributed by atoms with Gasteiger partial charge in [0.05, 0.1) is 5.52 Å². The summed E-state index contributed by atoms with van der Waals surface area (Å²) < 4.78 is 0. The van der Waals surface area contributed by atoms with Crippen molar-refractivity contribution in [1.82, 2.24) is 9.97 Å². The number of benzene rings is 2. The van der Waals surface area contributed by atoms with Crippen LogP contribution in [0.1, 0.15) is 11.1 Å². The number of nitrogens with one attached hydrogen (secondary N) is 1. The molecule has 0 saturated carbocycles. The Labute approximate surface area is 118 Å². The van der Waals surface area contributed by atoms with Crippen molar-refractivity contribution in [2.75, 3.05) is 12.4 Å². The van der Waals surface area contributed by atoms with Crippen LogP contribution in [0.4, 0.5) is 5.82 Å². The van der Waals surface area contributed by atoms with E-state index >= 15 is 0 Å². The summed E-state index contributed by atoms with van der Waals surface area (Å²) in [6.07, 6.45) is 1.60. The first-order valence-corrected chi connectivity index (χ1v) is 6.69. The summed E-state index contributed by atoms with van der Waals surface area (Å²) in [6.45, 7) is 4.19. The van der Waals surface area contributed by atoms with Crippen LogP contribution in [0.3, 0.4) is 0 Å². The zero-order chi connectivity index (χ0) is 14.1. The summed E-state index contributed by atoms with van der Waals surface area (Å²) in [4.78, 5) is 8.68. The van der Waals surface area contributed by atoms with Gasteiger partial charge in [-0.15, -0.1) is 0 Å². The van der Waals surface area contributed by atoms with Crippen LogP contribution < -0.4 is 5.32 Å². The van der Waals surface area contributed by atoms with E-state index in [0.29, 0.717) is 0 Å². The van der Waals surface area contributed by atoms with Crippen molar-refractivity contribution < 1.29 is 0 Å². The normalized spacial score (nSPS) is 10.8. The molecule has 0 fully saturated rings. The SMILES string of the molecule is CNc1ncnc2c(C)cc(-c3ccc(C)cc3)cc12. The number of hydrogen-bond donors (Lipinski definition) is 1. The van der Waals surface area contributed by atoms with Crippen molar-refractivity contribution in [3.8, 4) is 11.1 Å². The summed E-state index contributed by atoms with van der Waals surface area (Å²) in [5.74, 6) is 0.868. The quantitative estimate of drug-likeness (QED) is 0.760. The Morgan fingerprint density at radius 1 is 0.900 bits per heavy atom. The topological polar surface area (TPSA) is 37.8 Å². The number of nitrogens with zero attached hydrogens (tertiary/aromatic N) is 2. The number of rotatable bonds is 2. The van der Waals surface area contributed by atoms with Gasteiger partial charge in [-0.05, 0) is 42.7 Å². The Morgan fingerprint density at radius 3 is 2.35 bits per heavy atom. The monoisotopic (exact) mass is 263 g/mol. The van der Waals surface area contributed by atoms with Gasteiger partial charge in [0, 0.05) is 12.4 Å². The standard InChI is InChI=1S/C17H17N3/c1-11-4-6-13(7-5-11)14-8-12(2)16-15(9-14)17(18-3)20-10-19-16/h4-10H,1-3H3,(H,18,19,20). The lowest BCUT2D eigenvalue weighted by Gasteiger charge is -2.10. The van der Waals surface area contributed by atoms with E-state index in [1.165, 1.54) is 16.7 Å². The summed E-state index contributed by atoms with van der Waals surface area (Å²) >= 11 is 0. The van der Waals surface area contributed by atoms with Crippen LogP contribution in [0.5, 0.6) is 0 Å². The van der Waals surface area contributed by atoms with Crippen molar-refractivity contribution >= 4 is 16.7 Å². The second kappa shape index (κ2) is 4.93. The smallest absolute Gasteiger partial charge is 0.137 e. The molecule has 0 saturated heterocycles. The fourth-order valence-electron chi connectivity index (χ4n) is 2.46. The van der Waals surface area contributed by atoms with Gasteiger partial charge in [0.25, 0.3) is 0 Å². The maximum atomic E-state index is 4.39. The number of hydrogen-bond acceptors (Lipinski definition) is 3. The third-order valence-electron chi connectivity index (χ3n) is 3.55. The molecule has 1 heterocycles. The van der Waals surface area contributed by atoms with Crippen molar-refractivity contribution in [3.63, 3.8) is 0 Å². The molecule has 1 N–H and O–H groups in total. The molecule has 0 radical (unpaired) electrons. The van der Waals surface area contributed by atoms with Gasteiger partial charge in [-0.25, -0.2) is 9.97 Å². The van der Waals surface area contributed by atoms with Crippen molar-refractivity contribution in [3.05, 3.63) is 53.9 Å². The molecule has 0 atom stereocenters. The molecule has 0 unspecified atom stereocenters. The third-order valence-corrected chi connectivity index (χ3v) is 3.55. The van der Waals surface area contributed by atoms with E-state index in [0.717, 1.165) is 22.3 Å². The third kappa shape index (κ3) is 2.11. The average Bonchev–Trinajstić information content (AvgIpc) is 2.47. The van der Waals surface area contributed by atoms with Gasteiger partial charge < -0.3 is 5.32 Å². The van der Waals surface area contributed by atoms with Crippen molar-refractivity contribution in [2.45, 2.75) is 13.8 Å². The molecular formula is C17H17N3. The van der Waals surface area contributed by atoms with Crippen LogP contribution in [-0.2, 0) is 0 Å². The van der Waals surface area contributed by atoms with Gasteiger partial charge in [-0.3, -0.25) is 0 Å². The van der Waals surface area contributed by atoms with E-state index in [1.807, 2.05) is 7.05 Å². The maximum Gasteiger partial charge on any atom is 0.137 e. The highest BCUT2D eigenvalue weighted by Crippen LogP contribution is 2.29. The zero-order valence-electron chi connectivity index (χ0n) is 11.9. The second-order valence-corrected chi connectivity index (χ2v) is 5.03. The minimum Gasteiger partial charge on any atom is -0.373 e. The fraction of sp³-hybridized carbons (Fsp3) is 0.176. The molecule has 3 nitrogen and oxygen atoms in total. The molecule has 1 aromatic heterocycles. The van der Waals surface area contributed by atoms with Crippen LogP contribution in [0, 0.1) is 13.8 Å². The Kier molecular flexibility index (Phi) is 3.11. The van der Waals surface area contributed by atoms with Crippen molar-refractivity contribution in [2.24, 2.45) is 0 Å². The fourth-order valence-corrected chi connectivity index (χ4v) is 2.46. The lowest BCUT2D eigenvalue weighted by Crippen LogP contribution is -1.96. The summed E-state index contributed by atoms with van der Waals surface area (Å²) in [7, 11) is 1.88. The molecule has 100 valence electrons. The highest BCUT2D eigenvalue weighted by molar-refractivity contribution is 5.94. The lowest BCUT2D eigenvalue weighted by atomic mass is 9.99. The number of aromatic nitrogens is 2. The minimum atomic E-state index is 0.868. The molecule has 3 aromatic rings. The largest absolute Gasteiger partial charge is 0.373 e. The van der Waals surface area contributed by atoms with E-state index < -0.39 is 0 Å². The van der Waals surface area contributed by atoms with E-state index in [-0.39, 0.29) is 0 Å². The van der Waals surface area contributed by atoms with Gasteiger partial charge in [-0.1, -0.05) is 29.8 Å². The molecule has 2 aromatic carbocycles. The Hall–Kier alpha value is -2.42. The molecule has 0 spiro atoms. The van der Waals surface area contributed by atoms with E-state index in [1.54, 1.807) is 6.33 Å². The van der Waals surface area contributed by atoms with Gasteiger partial charge in [0.1, 0.15) is 12.1 Å². The van der Waals surface area contributed by atoms with Crippen LogP contribution in [0.2, 0.25) is 0 Å². The second-order valence-electron chi connectivity index (χ2n) is 5.03. The van der Waals surface area contributed by atoms with Crippen molar-refractivity contribution in [1.29, 1.82) is 0 Å². The number of aryl methyl sites for hydroxylation is 2. The molecule has 3 heteroatoms.